The first-order valence-electron chi connectivity index (χ1n) is 12.5. The highest BCUT2D eigenvalue weighted by molar-refractivity contribution is 7.89. The van der Waals surface area contributed by atoms with Crippen LogP contribution in [0.15, 0.2) is 53.4 Å². The second-order valence-electron chi connectivity index (χ2n) is 9.90. The minimum atomic E-state index is -3.66. The van der Waals surface area contributed by atoms with E-state index in [4.69, 9.17) is 14.5 Å². The van der Waals surface area contributed by atoms with Crippen LogP contribution in [0, 0.1) is 0 Å². The molecule has 0 atom stereocenters. The van der Waals surface area contributed by atoms with Crippen molar-refractivity contribution in [2.75, 3.05) is 69.8 Å². The predicted octanol–water partition coefficient (Wildman–Crippen LogP) is 1.63. The fourth-order valence-corrected chi connectivity index (χ4v) is 6.87. The van der Waals surface area contributed by atoms with Gasteiger partial charge in [0.05, 0.1) is 35.9 Å². The second kappa shape index (κ2) is 9.21. The number of hydrogen-bond donors (Lipinski definition) is 2. The van der Waals surface area contributed by atoms with E-state index < -0.39 is 10.0 Å². The molecule has 0 unspecified atom stereocenters. The lowest BCUT2D eigenvalue weighted by atomic mass is 9.91. The number of ether oxygens (including phenoxy) is 2. The van der Waals surface area contributed by atoms with Crippen LogP contribution in [0.3, 0.4) is 0 Å². The van der Waals surface area contributed by atoms with E-state index in [1.54, 1.807) is 32.4 Å². The molecule has 0 radical (unpaired) electrons. The van der Waals surface area contributed by atoms with Gasteiger partial charge >= 0.3 is 6.03 Å². The van der Waals surface area contributed by atoms with E-state index in [1.165, 1.54) is 4.31 Å². The highest BCUT2D eigenvalue weighted by atomic mass is 32.2. The molecular formula is C26H30N6O5S. The number of urea groups is 1. The fourth-order valence-electron chi connectivity index (χ4n) is 5.41. The van der Waals surface area contributed by atoms with Gasteiger partial charge in [0.25, 0.3) is 0 Å². The summed E-state index contributed by atoms with van der Waals surface area (Å²) in [5.74, 6) is 2.21. The molecule has 0 saturated carbocycles. The van der Waals surface area contributed by atoms with E-state index in [0.29, 0.717) is 57.3 Å². The minimum absolute atomic E-state index is 0.133. The number of sulfonamides is 1. The Balaban J connectivity index is 1.14. The Morgan fingerprint density at radius 2 is 1.71 bits per heavy atom. The van der Waals surface area contributed by atoms with Gasteiger partial charge in [-0.2, -0.15) is 4.31 Å². The van der Waals surface area contributed by atoms with Gasteiger partial charge < -0.3 is 29.9 Å². The number of pyridine rings is 1. The van der Waals surface area contributed by atoms with Crippen molar-refractivity contribution in [3.63, 3.8) is 0 Å². The van der Waals surface area contributed by atoms with Crippen LogP contribution in [0.1, 0.15) is 0 Å². The van der Waals surface area contributed by atoms with Gasteiger partial charge in [0.15, 0.2) is 0 Å². The molecule has 2 aromatic carbocycles. The second-order valence-corrected chi connectivity index (χ2v) is 11.8. The molecule has 3 aliphatic heterocycles. The molecule has 2 N–H and O–H groups in total. The normalized spacial score (nSPS) is 19.3. The van der Waals surface area contributed by atoms with Crippen molar-refractivity contribution in [3.05, 3.63) is 48.5 Å². The summed E-state index contributed by atoms with van der Waals surface area (Å²) in [4.78, 5) is 20.7. The molecular weight excluding hydrogens is 508 g/mol. The van der Waals surface area contributed by atoms with Gasteiger partial charge in [0.2, 0.25) is 10.0 Å². The van der Waals surface area contributed by atoms with Crippen LogP contribution in [0.25, 0.3) is 10.9 Å². The monoisotopic (exact) mass is 538 g/mol. The maximum absolute atomic E-state index is 13.5. The summed E-state index contributed by atoms with van der Waals surface area (Å²) in [6.45, 7) is 3.82. The number of rotatable bonds is 6. The number of benzene rings is 2. The van der Waals surface area contributed by atoms with Crippen LogP contribution < -0.4 is 29.9 Å². The lowest BCUT2D eigenvalue weighted by Crippen LogP contribution is -2.69. The maximum atomic E-state index is 13.5. The van der Waals surface area contributed by atoms with Crippen molar-refractivity contribution in [1.29, 1.82) is 0 Å². The van der Waals surface area contributed by atoms with Crippen molar-refractivity contribution < 1.29 is 22.7 Å². The Labute approximate surface area is 221 Å². The molecule has 1 aromatic heterocycles. The molecule has 3 aliphatic rings. The van der Waals surface area contributed by atoms with Gasteiger partial charge in [-0.05, 0) is 42.5 Å². The third kappa shape index (κ3) is 4.23. The highest BCUT2D eigenvalue weighted by Crippen LogP contribution is 2.34. The average Bonchev–Trinajstić information content (AvgIpc) is 3.33. The lowest BCUT2D eigenvalue weighted by molar-refractivity contribution is 0.240. The Bertz CT molecular complexity index is 1500. The third-order valence-corrected chi connectivity index (χ3v) is 9.42. The lowest BCUT2D eigenvalue weighted by Gasteiger charge is -2.47. The summed E-state index contributed by atoms with van der Waals surface area (Å²) in [6, 6.07) is 14.4. The van der Waals surface area contributed by atoms with Gasteiger partial charge in [-0.25, -0.2) is 18.2 Å². The molecule has 6 rings (SSSR count). The molecule has 3 fully saturated rings. The summed E-state index contributed by atoms with van der Waals surface area (Å²) in [6.07, 6.45) is 0. The first-order valence-corrected chi connectivity index (χ1v) is 13.9. The van der Waals surface area contributed by atoms with Crippen LogP contribution in [0.5, 0.6) is 11.5 Å². The van der Waals surface area contributed by atoms with Gasteiger partial charge in [0, 0.05) is 57.3 Å². The Kier molecular flexibility index (Phi) is 5.95. The number of methoxy groups -OCH3 is 2. The summed E-state index contributed by atoms with van der Waals surface area (Å²) < 4.78 is 39.3. The van der Waals surface area contributed by atoms with Gasteiger partial charge in [-0.15, -0.1) is 0 Å². The van der Waals surface area contributed by atoms with Gasteiger partial charge in [0.1, 0.15) is 17.3 Å². The number of fused-ring (bicyclic) bond motifs is 1. The number of carbonyl (C=O) groups is 1. The smallest absolute Gasteiger partial charge is 0.315 e. The molecule has 38 heavy (non-hydrogen) atoms. The number of aromatic nitrogens is 1. The van der Waals surface area contributed by atoms with Crippen molar-refractivity contribution >= 4 is 38.5 Å². The zero-order chi connectivity index (χ0) is 26.5. The predicted molar refractivity (Wildman–Crippen MR) is 144 cm³/mol. The molecule has 4 heterocycles. The number of nitrogens with zero attached hydrogens (tertiary/aromatic N) is 4. The molecule has 200 valence electrons. The highest BCUT2D eigenvalue weighted by Gasteiger charge is 2.48. The number of carbonyl (C=O) groups excluding carboxylic acids is 1. The first kappa shape index (κ1) is 24.6. The molecule has 3 aromatic rings. The maximum Gasteiger partial charge on any atom is 0.315 e. The van der Waals surface area contributed by atoms with Crippen LogP contribution in [-0.2, 0) is 10.0 Å². The molecule has 1 spiro atoms. The van der Waals surface area contributed by atoms with Crippen LogP contribution in [0.2, 0.25) is 0 Å². The van der Waals surface area contributed by atoms with Crippen LogP contribution in [-0.4, -0.2) is 89.3 Å². The number of piperazine rings is 1. The van der Waals surface area contributed by atoms with E-state index in [1.807, 2.05) is 30.3 Å². The standard InChI is InChI=1S/C26H30N6O5S/c1-36-19-4-7-22(23(14-19)37-2)30-9-11-32(12-10-30)38(34,35)20-5-6-21-18(13-20)3-8-24(28-21)31-16-26(17-31)15-27-25(33)29-26/h3-8,13-14H,9-12,15-17H2,1-2H3,(H2,27,29,33). The summed E-state index contributed by atoms with van der Waals surface area (Å²) >= 11 is 0. The van der Waals surface area contributed by atoms with E-state index in [2.05, 4.69) is 20.4 Å². The fraction of sp³-hybridized carbons (Fsp3) is 0.385. The molecule has 0 bridgehead atoms. The number of hydrogen-bond acceptors (Lipinski definition) is 8. The number of anilines is 2. The molecule has 11 nitrogen and oxygen atoms in total. The van der Waals surface area contributed by atoms with Crippen molar-refractivity contribution in [1.82, 2.24) is 19.9 Å². The van der Waals surface area contributed by atoms with Gasteiger partial charge in [-0.3, -0.25) is 0 Å². The number of amides is 2. The number of nitrogens with one attached hydrogen (secondary N) is 2. The Morgan fingerprint density at radius 3 is 2.39 bits per heavy atom. The van der Waals surface area contributed by atoms with Crippen LogP contribution in [0.4, 0.5) is 16.3 Å². The average molecular weight is 539 g/mol. The quantitative estimate of drug-likeness (QED) is 0.487. The van der Waals surface area contributed by atoms with Crippen molar-refractivity contribution in [3.8, 4) is 11.5 Å². The van der Waals surface area contributed by atoms with Crippen molar-refractivity contribution in [2.24, 2.45) is 0 Å². The minimum Gasteiger partial charge on any atom is -0.497 e. The van der Waals surface area contributed by atoms with Crippen molar-refractivity contribution in [2.45, 2.75) is 10.4 Å². The zero-order valence-corrected chi connectivity index (χ0v) is 22.1. The third-order valence-electron chi connectivity index (χ3n) is 7.53. The topological polar surface area (TPSA) is 116 Å². The van der Waals surface area contributed by atoms with Crippen LogP contribution >= 0.6 is 0 Å². The van der Waals surface area contributed by atoms with E-state index in [9.17, 15) is 13.2 Å². The molecule has 12 heteroatoms. The first-order chi connectivity index (χ1) is 18.3. The van der Waals surface area contributed by atoms with E-state index in [-0.39, 0.29) is 16.5 Å². The molecule has 0 aliphatic carbocycles. The summed E-state index contributed by atoms with van der Waals surface area (Å²) in [7, 11) is -0.434. The summed E-state index contributed by atoms with van der Waals surface area (Å²) in [5, 5.41) is 6.55. The van der Waals surface area contributed by atoms with E-state index >= 15 is 0 Å². The largest absolute Gasteiger partial charge is 0.497 e. The Hall–Kier alpha value is -3.77. The zero-order valence-electron chi connectivity index (χ0n) is 21.3. The molecule has 2 amide bonds. The Morgan fingerprint density at radius 1 is 0.921 bits per heavy atom. The summed E-state index contributed by atoms with van der Waals surface area (Å²) in [5.41, 5.74) is 1.42. The van der Waals surface area contributed by atoms with E-state index in [0.717, 1.165) is 22.4 Å². The van der Waals surface area contributed by atoms with Gasteiger partial charge in [-0.1, -0.05) is 0 Å². The SMILES string of the molecule is COc1ccc(N2CCN(S(=O)(=O)c3ccc4nc(N5CC6(CNC(=O)N6)C5)ccc4c3)CC2)c(OC)c1. The molecule has 3 saturated heterocycles.